The molecule has 1 aliphatic heterocycles. The van der Waals surface area contributed by atoms with Gasteiger partial charge in [0.25, 0.3) is 0 Å². The molecule has 3 rings (SSSR count). The van der Waals surface area contributed by atoms with Gasteiger partial charge in [-0.05, 0) is 36.4 Å². The number of esters is 1. The number of ether oxygens (including phenoxy) is 3. The Morgan fingerprint density at radius 3 is 2.50 bits per heavy atom. The molecule has 0 aromatic heterocycles. The average Bonchev–Trinajstić information content (AvgIpc) is 2.97. The summed E-state index contributed by atoms with van der Waals surface area (Å²) in [6.45, 7) is 0. The number of carbonyl (C=O) groups excluding carboxylic acids is 1. The highest BCUT2D eigenvalue weighted by Crippen LogP contribution is 2.34. The maximum atomic E-state index is 13.7. The van der Waals surface area contributed by atoms with E-state index < -0.39 is 11.8 Å². The minimum absolute atomic E-state index is 0.282. The molecule has 24 heavy (non-hydrogen) atoms. The summed E-state index contributed by atoms with van der Waals surface area (Å²) in [6.07, 6.45) is 3.04. The average molecular weight is 326 g/mol. The van der Waals surface area contributed by atoms with Crippen molar-refractivity contribution in [1.29, 1.82) is 0 Å². The zero-order valence-electron chi connectivity index (χ0n) is 13.2. The van der Waals surface area contributed by atoms with Gasteiger partial charge in [0.2, 0.25) is 0 Å². The number of cyclic esters (lactones) is 1. The van der Waals surface area contributed by atoms with Crippen LogP contribution in [0.4, 0.5) is 4.39 Å². The van der Waals surface area contributed by atoms with Crippen LogP contribution in [-0.2, 0) is 9.53 Å². The van der Waals surface area contributed by atoms with Gasteiger partial charge < -0.3 is 14.2 Å². The van der Waals surface area contributed by atoms with E-state index in [0.717, 1.165) is 0 Å². The van der Waals surface area contributed by atoms with Gasteiger partial charge in [0.05, 0.1) is 19.8 Å². The van der Waals surface area contributed by atoms with E-state index in [0.29, 0.717) is 28.4 Å². The first kappa shape index (κ1) is 15.8. The van der Waals surface area contributed by atoms with Crippen molar-refractivity contribution in [2.45, 2.75) is 0 Å². The number of hydrogen-bond acceptors (Lipinski definition) is 4. The summed E-state index contributed by atoms with van der Waals surface area (Å²) in [7, 11) is 3.07. The topological polar surface area (TPSA) is 44.8 Å². The summed E-state index contributed by atoms with van der Waals surface area (Å²) in [5, 5.41) is 0. The third-order valence-electron chi connectivity index (χ3n) is 3.61. The Labute approximate surface area is 138 Å². The Kier molecular flexibility index (Phi) is 4.33. The van der Waals surface area contributed by atoms with Gasteiger partial charge in [-0.25, -0.2) is 9.18 Å². The van der Waals surface area contributed by atoms with Crippen molar-refractivity contribution in [3.05, 3.63) is 71.1 Å². The Balaban J connectivity index is 1.96. The minimum atomic E-state index is -0.525. The first-order valence-electron chi connectivity index (χ1n) is 7.25. The zero-order valence-corrected chi connectivity index (χ0v) is 13.2. The molecular weight excluding hydrogens is 311 g/mol. The highest BCUT2D eigenvalue weighted by Gasteiger charge is 2.23. The zero-order chi connectivity index (χ0) is 17.1. The monoisotopic (exact) mass is 326 g/mol. The maximum absolute atomic E-state index is 13.7. The van der Waals surface area contributed by atoms with Crippen molar-refractivity contribution in [2.24, 2.45) is 0 Å². The third-order valence-corrected chi connectivity index (χ3v) is 3.61. The molecule has 0 spiro atoms. The van der Waals surface area contributed by atoms with E-state index in [9.17, 15) is 9.18 Å². The number of methoxy groups -OCH3 is 2. The molecule has 1 heterocycles. The summed E-state index contributed by atoms with van der Waals surface area (Å²) < 4.78 is 29.4. The molecule has 2 aromatic carbocycles. The van der Waals surface area contributed by atoms with Crippen LogP contribution in [0.25, 0.3) is 11.8 Å². The summed E-state index contributed by atoms with van der Waals surface area (Å²) in [5.41, 5.74) is 1.28. The lowest BCUT2D eigenvalue weighted by molar-refractivity contribution is -0.130. The van der Waals surface area contributed by atoms with Gasteiger partial charge in [0.1, 0.15) is 11.6 Å². The van der Waals surface area contributed by atoms with Gasteiger partial charge in [-0.15, -0.1) is 0 Å². The van der Waals surface area contributed by atoms with Crippen molar-refractivity contribution in [2.75, 3.05) is 14.2 Å². The molecule has 0 saturated carbocycles. The summed E-state index contributed by atoms with van der Waals surface area (Å²) >= 11 is 0. The van der Waals surface area contributed by atoms with E-state index in [4.69, 9.17) is 14.2 Å². The fraction of sp³-hybridized carbons (Fsp3) is 0.105. The van der Waals surface area contributed by atoms with Crippen LogP contribution in [0.3, 0.4) is 0 Å². The largest absolute Gasteiger partial charge is 0.493 e. The van der Waals surface area contributed by atoms with E-state index in [1.165, 1.54) is 19.3 Å². The normalized spacial score (nSPS) is 15.2. The Bertz CT molecular complexity index is 852. The van der Waals surface area contributed by atoms with E-state index in [2.05, 4.69) is 0 Å². The van der Waals surface area contributed by atoms with Crippen molar-refractivity contribution in [1.82, 2.24) is 0 Å². The van der Waals surface area contributed by atoms with Crippen LogP contribution in [-0.4, -0.2) is 20.2 Å². The van der Waals surface area contributed by atoms with Crippen LogP contribution in [0.5, 0.6) is 11.5 Å². The highest BCUT2D eigenvalue weighted by molar-refractivity contribution is 6.05. The van der Waals surface area contributed by atoms with Gasteiger partial charge in [0, 0.05) is 11.1 Å². The van der Waals surface area contributed by atoms with Crippen molar-refractivity contribution >= 4 is 17.8 Å². The summed E-state index contributed by atoms with van der Waals surface area (Å²) in [5.74, 6) is 0.559. The predicted octanol–water partition coefficient (Wildman–Crippen LogP) is 3.82. The molecule has 0 atom stereocenters. The molecular formula is C19H15FO4. The van der Waals surface area contributed by atoms with Gasteiger partial charge in [-0.3, -0.25) is 0 Å². The van der Waals surface area contributed by atoms with Gasteiger partial charge in [0.15, 0.2) is 11.5 Å². The van der Waals surface area contributed by atoms with Crippen molar-refractivity contribution in [3.63, 3.8) is 0 Å². The molecule has 0 aliphatic carbocycles. The quantitative estimate of drug-likeness (QED) is 0.633. The van der Waals surface area contributed by atoms with Crippen molar-refractivity contribution in [3.8, 4) is 11.5 Å². The lowest BCUT2D eigenvalue weighted by Gasteiger charge is -2.09. The lowest BCUT2D eigenvalue weighted by Crippen LogP contribution is -1.98. The number of hydrogen-bond donors (Lipinski definition) is 0. The SMILES string of the molecule is COc1ccc(C2=CC(=Cc3ccccc3F)C(=O)O2)cc1OC. The van der Waals surface area contributed by atoms with Crippen LogP contribution in [0.2, 0.25) is 0 Å². The Morgan fingerprint density at radius 2 is 1.79 bits per heavy atom. The molecule has 0 unspecified atom stereocenters. The molecule has 0 radical (unpaired) electrons. The van der Waals surface area contributed by atoms with E-state index >= 15 is 0 Å². The molecule has 0 fully saturated rings. The molecule has 2 aromatic rings. The molecule has 0 N–H and O–H groups in total. The number of benzene rings is 2. The molecule has 1 aliphatic rings. The van der Waals surface area contributed by atoms with Gasteiger partial charge >= 0.3 is 5.97 Å². The van der Waals surface area contributed by atoms with E-state index in [-0.39, 0.29) is 5.57 Å². The Morgan fingerprint density at radius 1 is 1.04 bits per heavy atom. The number of rotatable bonds is 4. The molecule has 0 bridgehead atoms. The van der Waals surface area contributed by atoms with Gasteiger partial charge in [-0.1, -0.05) is 18.2 Å². The Hall–Kier alpha value is -3.08. The third kappa shape index (κ3) is 3.01. The number of carbonyl (C=O) groups is 1. The molecule has 5 heteroatoms. The number of halogens is 1. The second-order valence-corrected chi connectivity index (χ2v) is 5.09. The highest BCUT2D eigenvalue weighted by atomic mass is 19.1. The molecule has 0 saturated heterocycles. The second kappa shape index (κ2) is 6.58. The van der Waals surface area contributed by atoms with Crippen LogP contribution < -0.4 is 9.47 Å². The van der Waals surface area contributed by atoms with Gasteiger partial charge in [-0.2, -0.15) is 0 Å². The van der Waals surface area contributed by atoms with Crippen LogP contribution in [0, 0.1) is 5.82 Å². The van der Waals surface area contributed by atoms with Crippen LogP contribution >= 0.6 is 0 Å². The minimum Gasteiger partial charge on any atom is -0.493 e. The standard InChI is InChI=1S/C19H15FO4/c1-22-16-8-7-13(10-18(16)23-2)17-11-14(19(21)24-17)9-12-5-3-4-6-15(12)20/h3-11H,1-2H3. The first-order valence-corrected chi connectivity index (χ1v) is 7.25. The fourth-order valence-electron chi connectivity index (χ4n) is 2.38. The molecule has 122 valence electrons. The lowest BCUT2D eigenvalue weighted by atomic mass is 10.1. The van der Waals surface area contributed by atoms with E-state index in [1.54, 1.807) is 49.6 Å². The summed E-state index contributed by atoms with van der Waals surface area (Å²) in [4.78, 5) is 12.0. The predicted molar refractivity (Wildman–Crippen MR) is 88.0 cm³/mol. The fourth-order valence-corrected chi connectivity index (χ4v) is 2.38. The van der Waals surface area contributed by atoms with E-state index in [1.807, 2.05) is 0 Å². The van der Waals surface area contributed by atoms with Crippen LogP contribution in [0.1, 0.15) is 11.1 Å². The maximum Gasteiger partial charge on any atom is 0.343 e. The first-order chi connectivity index (χ1) is 11.6. The van der Waals surface area contributed by atoms with Crippen molar-refractivity contribution < 1.29 is 23.4 Å². The second-order valence-electron chi connectivity index (χ2n) is 5.09. The smallest absolute Gasteiger partial charge is 0.343 e. The summed E-state index contributed by atoms with van der Waals surface area (Å²) in [6, 6.07) is 11.4. The molecule has 0 amide bonds. The molecule has 4 nitrogen and oxygen atoms in total. The van der Waals surface area contributed by atoms with Crippen LogP contribution in [0.15, 0.2) is 54.1 Å².